The fraction of sp³-hybridized carbons (Fsp3) is 0.143. The zero-order valence-electron chi connectivity index (χ0n) is 9.81. The van der Waals surface area contributed by atoms with Crippen LogP contribution in [0.15, 0.2) is 36.4 Å². The van der Waals surface area contributed by atoms with Crippen LogP contribution in [0.25, 0.3) is 0 Å². The van der Waals surface area contributed by atoms with E-state index < -0.39 is 0 Å². The molecule has 2 aromatic rings. The molecule has 1 N–H and O–H groups in total. The number of hydrogen-bond acceptors (Lipinski definition) is 1. The van der Waals surface area contributed by atoms with Gasteiger partial charge in [0.05, 0.1) is 5.02 Å². The van der Waals surface area contributed by atoms with E-state index in [0.29, 0.717) is 12.1 Å². The molecule has 0 aromatic heterocycles. The number of rotatable bonds is 3. The molecule has 0 saturated heterocycles. The van der Waals surface area contributed by atoms with E-state index in [1.807, 2.05) is 18.2 Å². The Hall–Kier alpha value is -0.810. The van der Waals surface area contributed by atoms with Crippen LogP contribution in [0.5, 0.6) is 0 Å². The summed E-state index contributed by atoms with van der Waals surface area (Å²) >= 11 is 8.02. The maximum absolute atomic E-state index is 13.7. The minimum Gasteiger partial charge on any atom is -0.381 e. The van der Waals surface area contributed by atoms with Gasteiger partial charge >= 0.3 is 0 Å². The first-order valence-electron chi connectivity index (χ1n) is 5.51. The average Bonchev–Trinajstić information content (AvgIpc) is 2.35. The molecule has 94 valence electrons. The maximum atomic E-state index is 13.7. The molecule has 0 fully saturated rings. The van der Waals surface area contributed by atoms with E-state index in [1.165, 1.54) is 9.13 Å². The molecule has 18 heavy (non-hydrogen) atoms. The first-order chi connectivity index (χ1) is 8.58. The Bertz CT molecular complexity index is 572. The first kappa shape index (κ1) is 13.6. The second kappa shape index (κ2) is 5.89. The maximum Gasteiger partial charge on any atom is 0.146 e. The van der Waals surface area contributed by atoms with Crippen molar-refractivity contribution in [3.63, 3.8) is 0 Å². The van der Waals surface area contributed by atoms with Gasteiger partial charge in [0.15, 0.2) is 0 Å². The largest absolute Gasteiger partial charge is 0.381 e. The van der Waals surface area contributed by atoms with E-state index >= 15 is 0 Å². The second-order valence-corrected chi connectivity index (χ2v) is 5.60. The van der Waals surface area contributed by atoms with Crippen LogP contribution < -0.4 is 5.32 Å². The third kappa shape index (κ3) is 3.14. The Labute approximate surface area is 124 Å². The summed E-state index contributed by atoms with van der Waals surface area (Å²) in [7, 11) is 0. The van der Waals surface area contributed by atoms with E-state index in [-0.39, 0.29) is 10.8 Å². The van der Waals surface area contributed by atoms with E-state index in [9.17, 15) is 4.39 Å². The number of nitrogens with one attached hydrogen (secondary N) is 1. The van der Waals surface area contributed by atoms with Gasteiger partial charge in [0, 0.05) is 21.4 Å². The highest BCUT2D eigenvalue weighted by atomic mass is 127. The lowest BCUT2D eigenvalue weighted by Crippen LogP contribution is -2.02. The summed E-state index contributed by atoms with van der Waals surface area (Å²) in [4.78, 5) is 0. The summed E-state index contributed by atoms with van der Waals surface area (Å²) in [5, 5.41) is 3.35. The molecule has 0 saturated carbocycles. The van der Waals surface area contributed by atoms with E-state index in [0.717, 1.165) is 5.69 Å². The van der Waals surface area contributed by atoms with Gasteiger partial charge in [0.1, 0.15) is 5.82 Å². The summed E-state index contributed by atoms with van der Waals surface area (Å²) in [6.07, 6.45) is 0. The number of aryl methyl sites for hydroxylation is 1. The van der Waals surface area contributed by atoms with Crippen LogP contribution in [0.2, 0.25) is 5.02 Å². The van der Waals surface area contributed by atoms with Crippen molar-refractivity contribution in [2.45, 2.75) is 13.5 Å². The monoisotopic (exact) mass is 375 g/mol. The number of halogens is 3. The lowest BCUT2D eigenvalue weighted by Gasteiger charge is -2.09. The molecule has 0 radical (unpaired) electrons. The predicted octanol–water partition coefficient (Wildman–Crippen LogP) is 5.00. The van der Waals surface area contributed by atoms with Crippen LogP contribution in [0.4, 0.5) is 10.1 Å². The molecule has 2 aromatic carbocycles. The number of benzene rings is 2. The van der Waals surface area contributed by atoms with Gasteiger partial charge < -0.3 is 5.32 Å². The third-order valence-electron chi connectivity index (χ3n) is 2.69. The van der Waals surface area contributed by atoms with E-state index in [2.05, 4.69) is 34.8 Å². The molecule has 2 rings (SSSR count). The molecule has 0 bridgehead atoms. The lowest BCUT2D eigenvalue weighted by atomic mass is 10.2. The van der Waals surface area contributed by atoms with Crippen molar-refractivity contribution in [3.05, 3.63) is 61.9 Å². The molecule has 0 heterocycles. The zero-order valence-corrected chi connectivity index (χ0v) is 12.7. The SMILES string of the molecule is Cc1ccc(NCc2cccc(Cl)c2F)cc1I. The van der Waals surface area contributed by atoms with E-state index in [4.69, 9.17) is 11.6 Å². The van der Waals surface area contributed by atoms with Gasteiger partial charge in [-0.25, -0.2) is 4.39 Å². The Morgan fingerprint density at radius 3 is 2.78 bits per heavy atom. The van der Waals surface area contributed by atoms with Crippen molar-refractivity contribution in [1.82, 2.24) is 0 Å². The van der Waals surface area contributed by atoms with Gasteiger partial charge in [0.2, 0.25) is 0 Å². The fourth-order valence-electron chi connectivity index (χ4n) is 1.59. The molecular formula is C14H12ClFIN. The topological polar surface area (TPSA) is 12.0 Å². The Morgan fingerprint density at radius 1 is 1.28 bits per heavy atom. The highest BCUT2D eigenvalue weighted by Gasteiger charge is 2.05. The van der Waals surface area contributed by atoms with Gasteiger partial charge in [-0.05, 0) is 53.3 Å². The Balaban J connectivity index is 2.11. The van der Waals surface area contributed by atoms with Gasteiger partial charge in [-0.2, -0.15) is 0 Å². The van der Waals surface area contributed by atoms with Crippen molar-refractivity contribution in [2.75, 3.05) is 5.32 Å². The summed E-state index contributed by atoms with van der Waals surface area (Å²) in [5.74, 6) is -0.353. The molecule has 4 heteroatoms. The van der Waals surface area contributed by atoms with Crippen molar-refractivity contribution in [1.29, 1.82) is 0 Å². The van der Waals surface area contributed by atoms with Crippen molar-refractivity contribution in [3.8, 4) is 0 Å². The van der Waals surface area contributed by atoms with Gasteiger partial charge in [-0.3, -0.25) is 0 Å². The van der Waals surface area contributed by atoms with Crippen LogP contribution in [-0.2, 0) is 6.54 Å². The highest BCUT2D eigenvalue weighted by molar-refractivity contribution is 14.1. The zero-order chi connectivity index (χ0) is 13.1. The van der Waals surface area contributed by atoms with Gasteiger partial charge in [-0.1, -0.05) is 29.8 Å². The van der Waals surface area contributed by atoms with Crippen molar-refractivity contribution >= 4 is 39.9 Å². The Morgan fingerprint density at radius 2 is 2.06 bits per heavy atom. The minimum atomic E-state index is -0.353. The van der Waals surface area contributed by atoms with Crippen LogP contribution in [0, 0.1) is 16.3 Å². The second-order valence-electron chi connectivity index (χ2n) is 4.03. The summed E-state index contributed by atoms with van der Waals surface area (Å²) in [5.41, 5.74) is 2.78. The fourth-order valence-corrected chi connectivity index (χ4v) is 2.29. The first-order valence-corrected chi connectivity index (χ1v) is 6.96. The predicted molar refractivity (Wildman–Crippen MR) is 82.6 cm³/mol. The number of anilines is 1. The standard InChI is InChI=1S/C14H12ClFIN/c1-9-5-6-11(7-13(9)17)18-8-10-3-2-4-12(15)14(10)16/h2-7,18H,8H2,1H3. The molecular weight excluding hydrogens is 364 g/mol. The van der Waals surface area contributed by atoms with Gasteiger partial charge in [-0.15, -0.1) is 0 Å². The smallest absolute Gasteiger partial charge is 0.146 e. The number of hydrogen-bond donors (Lipinski definition) is 1. The molecule has 0 aliphatic carbocycles. The lowest BCUT2D eigenvalue weighted by molar-refractivity contribution is 0.613. The molecule has 0 aliphatic heterocycles. The van der Waals surface area contributed by atoms with Crippen molar-refractivity contribution < 1.29 is 4.39 Å². The van der Waals surface area contributed by atoms with Crippen LogP contribution in [0.1, 0.15) is 11.1 Å². The quantitative estimate of drug-likeness (QED) is 0.744. The summed E-state index contributed by atoms with van der Waals surface area (Å²) < 4.78 is 14.9. The normalized spacial score (nSPS) is 10.4. The molecule has 0 aliphatic rings. The van der Waals surface area contributed by atoms with Gasteiger partial charge in [0.25, 0.3) is 0 Å². The highest BCUT2D eigenvalue weighted by Crippen LogP contribution is 2.21. The Kier molecular flexibility index (Phi) is 4.45. The minimum absolute atomic E-state index is 0.160. The summed E-state index contributed by atoms with van der Waals surface area (Å²) in [6.45, 7) is 2.48. The third-order valence-corrected chi connectivity index (χ3v) is 4.14. The molecule has 0 spiro atoms. The average molecular weight is 376 g/mol. The van der Waals surface area contributed by atoms with Crippen LogP contribution in [0.3, 0.4) is 0 Å². The molecule has 0 amide bonds. The molecule has 0 atom stereocenters. The van der Waals surface area contributed by atoms with Crippen molar-refractivity contribution in [2.24, 2.45) is 0 Å². The summed E-state index contributed by atoms with van der Waals surface area (Å²) in [6, 6.07) is 11.1. The molecule has 0 unspecified atom stereocenters. The van der Waals surface area contributed by atoms with Crippen LogP contribution in [-0.4, -0.2) is 0 Å². The molecule has 1 nitrogen and oxygen atoms in total. The van der Waals surface area contributed by atoms with E-state index in [1.54, 1.807) is 18.2 Å². The van der Waals surface area contributed by atoms with Crippen LogP contribution >= 0.6 is 34.2 Å².